The molecule has 1 fully saturated rings. The first-order chi connectivity index (χ1) is 15.3. The van der Waals surface area contributed by atoms with Crippen LogP contribution < -0.4 is 14.8 Å². The first-order valence-electron chi connectivity index (χ1n) is 9.68. The topological polar surface area (TPSA) is 111 Å². The molecule has 0 spiro atoms. The Morgan fingerprint density at radius 2 is 2.06 bits per heavy atom. The zero-order valence-electron chi connectivity index (χ0n) is 17.2. The third-order valence-electron chi connectivity index (χ3n) is 4.76. The van der Waals surface area contributed by atoms with Gasteiger partial charge in [0.2, 0.25) is 5.91 Å². The Labute approximate surface area is 194 Å². The number of ether oxygens (including phenoxy) is 1. The lowest BCUT2D eigenvalue weighted by atomic mass is 10.2. The first-order valence-corrected chi connectivity index (χ1v) is 12.4. The second kappa shape index (κ2) is 8.97. The number of carbonyl (C=O) groups is 1. The van der Waals surface area contributed by atoms with E-state index in [4.69, 9.17) is 20.9 Å². The summed E-state index contributed by atoms with van der Waals surface area (Å²) in [6.07, 6.45) is 5.15. The van der Waals surface area contributed by atoms with Gasteiger partial charge in [0, 0.05) is 10.8 Å². The van der Waals surface area contributed by atoms with Gasteiger partial charge >= 0.3 is 0 Å². The number of aryl methyl sites for hydroxylation is 1. The van der Waals surface area contributed by atoms with E-state index in [-0.39, 0.29) is 16.0 Å². The van der Waals surface area contributed by atoms with Gasteiger partial charge in [0.05, 0.1) is 17.8 Å². The second-order valence-electron chi connectivity index (χ2n) is 7.22. The van der Waals surface area contributed by atoms with E-state index in [0.717, 1.165) is 24.2 Å². The Bertz CT molecular complexity index is 1290. The number of hydrogen-bond donors (Lipinski definition) is 2. The number of benzene rings is 1. The van der Waals surface area contributed by atoms with Gasteiger partial charge in [-0.1, -0.05) is 16.8 Å². The van der Waals surface area contributed by atoms with Crippen LogP contribution in [0.1, 0.15) is 29.2 Å². The highest BCUT2D eigenvalue weighted by molar-refractivity contribution is 7.94. The van der Waals surface area contributed by atoms with Crippen LogP contribution in [0.5, 0.6) is 5.75 Å². The lowest BCUT2D eigenvalue weighted by Gasteiger charge is -2.08. The molecule has 2 aromatic heterocycles. The molecule has 0 radical (unpaired) electrons. The summed E-state index contributed by atoms with van der Waals surface area (Å²) in [5, 5.41) is 7.07. The molecule has 2 N–H and O–H groups in total. The van der Waals surface area contributed by atoms with Crippen LogP contribution in [-0.4, -0.2) is 26.6 Å². The van der Waals surface area contributed by atoms with Gasteiger partial charge in [-0.25, -0.2) is 8.42 Å². The van der Waals surface area contributed by atoms with Crippen molar-refractivity contribution in [3.8, 4) is 5.75 Å². The standard InChI is InChI=1S/C21H20ClN3O5S2/c1-12-20(23-21(26)13-3-4-13)18(30-24-12)9-6-15-7-10-19(31-15)32(27,28)25-14-5-8-17(29-2)16(22)11-14/h5-11,13,25H,3-4H2,1-2H3,(H,23,26)/b9-6+. The number of hydrogen-bond acceptors (Lipinski definition) is 7. The van der Waals surface area contributed by atoms with Gasteiger partial charge in [0.25, 0.3) is 10.0 Å². The Morgan fingerprint density at radius 1 is 1.28 bits per heavy atom. The molecule has 1 amide bonds. The summed E-state index contributed by atoms with van der Waals surface area (Å²) >= 11 is 7.16. The zero-order chi connectivity index (χ0) is 22.9. The summed E-state index contributed by atoms with van der Waals surface area (Å²) in [6.45, 7) is 1.75. The van der Waals surface area contributed by atoms with E-state index in [1.807, 2.05) is 0 Å². The minimum absolute atomic E-state index is 0.0415. The van der Waals surface area contributed by atoms with Crippen LogP contribution >= 0.6 is 22.9 Å². The van der Waals surface area contributed by atoms with Gasteiger partial charge in [0.1, 0.15) is 21.3 Å². The third-order valence-corrected chi connectivity index (χ3v) is 7.97. The molecular weight excluding hydrogens is 474 g/mol. The first kappa shape index (κ1) is 22.4. The van der Waals surface area contributed by atoms with Crippen molar-refractivity contribution >= 4 is 62.4 Å². The number of sulfonamides is 1. The molecule has 1 aliphatic carbocycles. The number of halogens is 1. The molecule has 0 aliphatic heterocycles. The van der Waals surface area contributed by atoms with Crippen LogP contribution in [0.2, 0.25) is 5.02 Å². The Morgan fingerprint density at radius 3 is 2.75 bits per heavy atom. The van der Waals surface area contributed by atoms with Crippen molar-refractivity contribution in [3.63, 3.8) is 0 Å². The molecule has 168 valence electrons. The van der Waals surface area contributed by atoms with E-state index in [1.165, 1.54) is 19.2 Å². The molecular formula is C21H20ClN3O5S2. The maximum Gasteiger partial charge on any atom is 0.271 e. The summed E-state index contributed by atoms with van der Waals surface area (Å²) in [5.41, 5.74) is 1.44. The lowest BCUT2D eigenvalue weighted by molar-refractivity contribution is -0.117. The van der Waals surface area contributed by atoms with Crippen LogP contribution in [0.3, 0.4) is 0 Å². The fourth-order valence-electron chi connectivity index (χ4n) is 2.89. The maximum atomic E-state index is 12.7. The number of anilines is 2. The van der Waals surface area contributed by atoms with Crippen molar-refractivity contribution in [2.45, 2.75) is 24.0 Å². The van der Waals surface area contributed by atoms with Gasteiger partial charge in [-0.05, 0) is 62.2 Å². The molecule has 1 saturated carbocycles. The molecule has 11 heteroatoms. The van der Waals surface area contributed by atoms with Crippen molar-refractivity contribution in [3.05, 3.63) is 51.7 Å². The van der Waals surface area contributed by atoms with Crippen LogP contribution in [0.25, 0.3) is 12.2 Å². The predicted octanol–water partition coefficient (Wildman–Crippen LogP) is 5.03. The van der Waals surface area contributed by atoms with Crippen LogP contribution in [-0.2, 0) is 14.8 Å². The molecule has 0 unspecified atom stereocenters. The average molecular weight is 494 g/mol. The highest BCUT2D eigenvalue weighted by Gasteiger charge is 2.30. The van der Waals surface area contributed by atoms with Gasteiger partial charge in [-0.3, -0.25) is 9.52 Å². The van der Waals surface area contributed by atoms with E-state index >= 15 is 0 Å². The van der Waals surface area contributed by atoms with E-state index < -0.39 is 10.0 Å². The van der Waals surface area contributed by atoms with Crippen molar-refractivity contribution in [1.29, 1.82) is 0 Å². The van der Waals surface area contributed by atoms with E-state index in [2.05, 4.69) is 15.2 Å². The Balaban J connectivity index is 1.48. The number of thiophene rings is 1. The fraction of sp³-hybridized carbons (Fsp3) is 0.238. The minimum Gasteiger partial charge on any atom is -0.495 e. The molecule has 3 aromatic rings. The average Bonchev–Trinajstić information content (AvgIpc) is 3.39. The van der Waals surface area contributed by atoms with Gasteiger partial charge in [0.15, 0.2) is 5.76 Å². The number of nitrogens with zero attached hydrogens (tertiary/aromatic N) is 1. The van der Waals surface area contributed by atoms with E-state index in [9.17, 15) is 13.2 Å². The summed E-state index contributed by atoms with van der Waals surface area (Å²) in [5.74, 6) is 0.869. The molecule has 0 saturated heterocycles. The summed E-state index contributed by atoms with van der Waals surface area (Å²) in [7, 11) is -2.31. The molecule has 1 aliphatic rings. The number of carbonyl (C=O) groups excluding carboxylic acids is 1. The third kappa shape index (κ3) is 4.98. The summed E-state index contributed by atoms with van der Waals surface area (Å²) in [6, 6.07) is 7.83. The largest absolute Gasteiger partial charge is 0.495 e. The lowest BCUT2D eigenvalue weighted by Crippen LogP contribution is -2.14. The second-order valence-corrected chi connectivity index (χ2v) is 10.6. The predicted molar refractivity (Wildman–Crippen MR) is 125 cm³/mol. The summed E-state index contributed by atoms with van der Waals surface area (Å²) in [4.78, 5) is 12.8. The van der Waals surface area contributed by atoms with Gasteiger partial charge in [-0.2, -0.15) is 0 Å². The van der Waals surface area contributed by atoms with Crippen molar-refractivity contribution in [1.82, 2.24) is 5.16 Å². The minimum atomic E-state index is -3.79. The number of nitrogens with one attached hydrogen (secondary N) is 2. The summed E-state index contributed by atoms with van der Waals surface area (Å²) < 4.78 is 38.5. The molecule has 0 atom stereocenters. The number of amides is 1. The van der Waals surface area contributed by atoms with Crippen molar-refractivity contribution in [2.75, 3.05) is 17.1 Å². The van der Waals surface area contributed by atoms with Crippen LogP contribution in [0.15, 0.2) is 39.1 Å². The normalized spacial score (nSPS) is 14.0. The highest BCUT2D eigenvalue weighted by atomic mass is 35.5. The number of methoxy groups -OCH3 is 1. The molecule has 8 nitrogen and oxygen atoms in total. The SMILES string of the molecule is COc1ccc(NS(=O)(=O)c2ccc(/C=C/c3onc(C)c3NC(=O)C3CC3)s2)cc1Cl. The van der Waals surface area contributed by atoms with Crippen molar-refractivity contribution < 1.29 is 22.5 Å². The van der Waals surface area contributed by atoms with Crippen LogP contribution in [0, 0.1) is 12.8 Å². The Kier molecular flexibility index (Phi) is 6.27. The number of aromatic nitrogens is 1. The molecule has 32 heavy (non-hydrogen) atoms. The van der Waals surface area contributed by atoms with E-state index in [0.29, 0.717) is 38.5 Å². The molecule has 4 rings (SSSR count). The quantitative estimate of drug-likeness (QED) is 0.455. The van der Waals surface area contributed by atoms with Crippen LogP contribution in [0.4, 0.5) is 11.4 Å². The molecule has 0 bridgehead atoms. The van der Waals surface area contributed by atoms with Crippen molar-refractivity contribution in [2.24, 2.45) is 5.92 Å². The van der Waals surface area contributed by atoms with E-state index in [1.54, 1.807) is 37.3 Å². The maximum absolute atomic E-state index is 12.7. The highest BCUT2D eigenvalue weighted by Crippen LogP contribution is 2.33. The fourth-order valence-corrected chi connectivity index (χ4v) is 5.42. The van der Waals surface area contributed by atoms with Gasteiger partial charge in [-0.15, -0.1) is 11.3 Å². The smallest absolute Gasteiger partial charge is 0.271 e. The Hall–Kier alpha value is -2.82. The molecule has 2 heterocycles. The molecule has 1 aromatic carbocycles. The number of rotatable bonds is 8. The van der Waals surface area contributed by atoms with Gasteiger partial charge < -0.3 is 14.6 Å². The zero-order valence-corrected chi connectivity index (χ0v) is 19.6. The monoisotopic (exact) mass is 493 g/mol.